The highest BCUT2D eigenvalue weighted by molar-refractivity contribution is 5.92. The van der Waals surface area contributed by atoms with Crippen LogP contribution in [-0.4, -0.2) is 85.0 Å². The molecule has 8 nitrogen and oxygen atoms in total. The molecule has 1 aromatic carbocycles. The van der Waals surface area contributed by atoms with Crippen molar-refractivity contribution in [3.05, 3.63) is 30.1 Å². The number of rotatable bonds is 6. The van der Waals surface area contributed by atoms with E-state index in [1.807, 2.05) is 32.9 Å². The minimum absolute atomic E-state index is 0.0950. The third-order valence-electron chi connectivity index (χ3n) is 8.31. The number of halogens is 1. The smallest absolute Gasteiger partial charge is 0.312 e. The molecule has 0 radical (unpaired) electrons. The minimum Gasteiger partial charge on any atom is -0.462 e. The topological polar surface area (TPSA) is 82.2 Å². The molecule has 3 aliphatic heterocycles. The van der Waals surface area contributed by atoms with Crippen LogP contribution in [0.3, 0.4) is 0 Å². The van der Waals surface area contributed by atoms with Crippen LogP contribution in [0, 0.1) is 16.6 Å². The first-order valence-electron chi connectivity index (χ1n) is 13.9. The second-order valence-corrected chi connectivity index (χ2v) is 12.7. The maximum Gasteiger partial charge on any atom is 0.312 e. The number of hydrogen-bond acceptors (Lipinski definition) is 6. The number of cyclic esters (lactones) is 1. The Balaban J connectivity index is 1.22. The molecule has 2 amide bonds. The van der Waals surface area contributed by atoms with Gasteiger partial charge in [-0.15, -0.1) is 0 Å². The van der Waals surface area contributed by atoms with Gasteiger partial charge in [-0.05, 0) is 57.4 Å². The summed E-state index contributed by atoms with van der Waals surface area (Å²) < 4.78 is 19.0. The molecule has 1 spiro atoms. The van der Waals surface area contributed by atoms with Crippen LogP contribution < -0.4 is 10.2 Å². The van der Waals surface area contributed by atoms with Crippen molar-refractivity contribution in [1.29, 1.82) is 0 Å². The summed E-state index contributed by atoms with van der Waals surface area (Å²) in [5, 5.41) is 2.89. The molecule has 38 heavy (non-hydrogen) atoms. The summed E-state index contributed by atoms with van der Waals surface area (Å²) in [5.74, 6) is -0.631. The summed E-state index contributed by atoms with van der Waals surface area (Å²) in [6.45, 7) is 14.4. The molecule has 1 N–H and O–H groups in total. The molecule has 0 aromatic heterocycles. The molecular weight excluding hydrogens is 487 g/mol. The molecule has 3 aliphatic rings. The molecule has 1 atom stereocenters. The Morgan fingerprint density at radius 3 is 2.18 bits per heavy atom. The largest absolute Gasteiger partial charge is 0.462 e. The van der Waals surface area contributed by atoms with Gasteiger partial charge in [0, 0.05) is 63.3 Å². The molecule has 0 bridgehead atoms. The molecule has 0 saturated carbocycles. The number of hydrogen-bond donors (Lipinski definition) is 1. The van der Waals surface area contributed by atoms with E-state index < -0.39 is 16.4 Å². The van der Waals surface area contributed by atoms with Gasteiger partial charge in [0.05, 0.1) is 5.41 Å². The van der Waals surface area contributed by atoms with Crippen molar-refractivity contribution < 1.29 is 23.5 Å². The molecule has 1 aromatic rings. The fraction of sp³-hybridized carbons (Fsp3) is 0.690. The average molecular weight is 531 g/mol. The number of piperazine rings is 1. The first kappa shape index (κ1) is 28.3. The fourth-order valence-electron chi connectivity index (χ4n) is 5.67. The SMILES string of the molecule is CC(C)(C)C(=O)NC(C)(C)C(=O)N1CCC2(CC1)C[C@H](CCN1CCN(c3ccc(F)cc3)CC1)OC2=O. The Morgan fingerprint density at radius 1 is 1.00 bits per heavy atom. The van der Waals surface area contributed by atoms with Crippen LogP contribution in [0.15, 0.2) is 24.3 Å². The predicted molar refractivity (Wildman–Crippen MR) is 144 cm³/mol. The Bertz CT molecular complexity index is 1020. The van der Waals surface area contributed by atoms with E-state index in [4.69, 9.17) is 4.74 Å². The fourth-order valence-corrected chi connectivity index (χ4v) is 5.67. The van der Waals surface area contributed by atoms with Gasteiger partial charge in [-0.2, -0.15) is 0 Å². The van der Waals surface area contributed by atoms with E-state index in [0.717, 1.165) is 44.8 Å². The number of anilines is 1. The Morgan fingerprint density at radius 2 is 1.61 bits per heavy atom. The Labute approximate surface area is 225 Å². The summed E-state index contributed by atoms with van der Waals surface area (Å²) >= 11 is 0. The van der Waals surface area contributed by atoms with Gasteiger partial charge in [-0.25, -0.2) is 4.39 Å². The summed E-state index contributed by atoms with van der Waals surface area (Å²) in [5.41, 5.74) is -1.06. The molecular formula is C29H43FN4O4. The number of nitrogens with one attached hydrogen (secondary N) is 1. The molecule has 3 fully saturated rings. The lowest BCUT2D eigenvalue weighted by Crippen LogP contribution is -2.59. The Hall–Kier alpha value is -2.68. The number of likely N-dealkylation sites (tertiary alicyclic amines) is 1. The highest BCUT2D eigenvalue weighted by Crippen LogP contribution is 2.44. The maximum absolute atomic E-state index is 13.2. The van der Waals surface area contributed by atoms with E-state index in [-0.39, 0.29) is 29.7 Å². The second-order valence-electron chi connectivity index (χ2n) is 12.7. The van der Waals surface area contributed by atoms with Crippen LogP contribution in [-0.2, 0) is 19.1 Å². The first-order chi connectivity index (χ1) is 17.8. The predicted octanol–water partition coefficient (Wildman–Crippen LogP) is 3.20. The van der Waals surface area contributed by atoms with Crippen molar-refractivity contribution in [1.82, 2.24) is 15.1 Å². The van der Waals surface area contributed by atoms with Crippen LogP contribution in [0.4, 0.5) is 10.1 Å². The summed E-state index contributed by atoms with van der Waals surface area (Å²) in [6.07, 6.45) is 2.59. The quantitative estimate of drug-likeness (QED) is 0.569. The van der Waals surface area contributed by atoms with Gasteiger partial charge >= 0.3 is 5.97 Å². The third-order valence-corrected chi connectivity index (χ3v) is 8.31. The molecule has 210 valence electrons. The number of ether oxygens (including phenoxy) is 1. The van der Waals surface area contributed by atoms with Gasteiger partial charge < -0.3 is 19.9 Å². The molecule has 4 rings (SSSR count). The van der Waals surface area contributed by atoms with Crippen molar-refractivity contribution in [2.45, 2.75) is 71.9 Å². The summed E-state index contributed by atoms with van der Waals surface area (Å²) in [7, 11) is 0. The zero-order valence-corrected chi connectivity index (χ0v) is 23.5. The lowest BCUT2D eigenvalue weighted by molar-refractivity contribution is -0.153. The number of benzene rings is 1. The average Bonchev–Trinajstić information content (AvgIpc) is 3.17. The van der Waals surface area contributed by atoms with Crippen LogP contribution in [0.5, 0.6) is 0 Å². The standard InChI is InChI=1S/C29H43FN4O4/c1-27(2,3)24(35)31-28(4,5)25(36)34-14-11-29(12-15-34)20-23(38-26(29)37)10-13-32-16-18-33(19-17-32)22-8-6-21(30)7-9-22/h6-9,23H,10-20H2,1-5H3,(H,31,35)/t23-/m0/s1. The lowest BCUT2D eigenvalue weighted by Gasteiger charge is -2.40. The highest BCUT2D eigenvalue weighted by Gasteiger charge is 2.51. The van der Waals surface area contributed by atoms with E-state index in [9.17, 15) is 18.8 Å². The first-order valence-corrected chi connectivity index (χ1v) is 13.9. The van der Waals surface area contributed by atoms with Gasteiger partial charge in [0.2, 0.25) is 11.8 Å². The van der Waals surface area contributed by atoms with E-state index in [2.05, 4.69) is 15.1 Å². The Kier molecular flexibility index (Phi) is 8.07. The lowest BCUT2D eigenvalue weighted by atomic mass is 9.75. The number of carbonyl (C=O) groups excluding carboxylic acids is 3. The molecule has 0 unspecified atom stereocenters. The van der Waals surface area contributed by atoms with Crippen LogP contribution >= 0.6 is 0 Å². The number of nitrogens with zero attached hydrogens (tertiary/aromatic N) is 3. The molecule has 3 heterocycles. The summed E-state index contributed by atoms with van der Waals surface area (Å²) in [4.78, 5) is 45.0. The van der Waals surface area contributed by atoms with Crippen LogP contribution in [0.25, 0.3) is 0 Å². The van der Waals surface area contributed by atoms with Crippen molar-refractivity contribution >= 4 is 23.5 Å². The third kappa shape index (κ3) is 6.30. The zero-order chi connectivity index (χ0) is 27.7. The van der Waals surface area contributed by atoms with Gasteiger partial charge in [0.1, 0.15) is 17.5 Å². The number of piperidine rings is 1. The van der Waals surface area contributed by atoms with Crippen molar-refractivity contribution in [2.24, 2.45) is 10.8 Å². The monoisotopic (exact) mass is 530 g/mol. The van der Waals surface area contributed by atoms with E-state index in [1.165, 1.54) is 12.1 Å². The second kappa shape index (κ2) is 10.8. The van der Waals surface area contributed by atoms with Crippen LogP contribution in [0.1, 0.15) is 60.3 Å². The molecule has 3 saturated heterocycles. The van der Waals surface area contributed by atoms with Gasteiger partial charge in [0.15, 0.2) is 0 Å². The summed E-state index contributed by atoms with van der Waals surface area (Å²) in [6, 6.07) is 6.64. The van der Waals surface area contributed by atoms with Gasteiger partial charge in [0.25, 0.3) is 0 Å². The normalized spacial score (nSPS) is 22.5. The van der Waals surface area contributed by atoms with Crippen molar-refractivity contribution in [3.63, 3.8) is 0 Å². The number of carbonyl (C=O) groups is 3. The molecule has 9 heteroatoms. The zero-order valence-electron chi connectivity index (χ0n) is 23.5. The number of amides is 2. The van der Waals surface area contributed by atoms with Crippen LogP contribution in [0.2, 0.25) is 0 Å². The van der Waals surface area contributed by atoms with E-state index in [0.29, 0.717) is 32.4 Å². The van der Waals surface area contributed by atoms with E-state index >= 15 is 0 Å². The van der Waals surface area contributed by atoms with E-state index in [1.54, 1.807) is 18.7 Å². The van der Waals surface area contributed by atoms with Crippen molar-refractivity contribution in [3.8, 4) is 0 Å². The maximum atomic E-state index is 13.2. The van der Waals surface area contributed by atoms with Crippen molar-refractivity contribution in [2.75, 3.05) is 50.7 Å². The van der Waals surface area contributed by atoms with Gasteiger partial charge in [-0.3, -0.25) is 19.3 Å². The van der Waals surface area contributed by atoms with Gasteiger partial charge in [-0.1, -0.05) is 20.8 Å². The highest BCUT2D eigenvalue weighted by atomic mass is 19.1. The minimum atomic E-state index is -1.01. The molecule has 0 aliphatic carbocycles. The number of esters is 1.